The number of nitrogens with two attached hydrogens (primary N) is 2. The fourth-order valence-corrected chi connectivity index (χ4v) is 1.80. The van der Waals surface area contributed by atoms with E-state index in [-0.39, 0.29) is 5.75 Å². The van der Waals surface area contributed by atoms with Crippen LogP contribution in [-0.4, -0.2) is 35.3 Å². The number of rotatable bonds is 8. The smallest absolute Gasteiger partial charge is 0.249 e. The van der Waals surface area contributed by atoms with Crippen molar-refractivity contribution in [2.75, 3.05) is 11.5 Å². The highest BCUT2D eigenvalue weighted by atomic mass is 32.2. The predicted molar refractivity (Wildman–Crippen MR) is 62.6 cm³/mol. The standard InChI is InChI=1S/C9H17N3O3S/c1-2-3-4-16-5-6(13)12-7(8(10)14)9(11)15/h7H,2-5H2,1H3,(H2,10,14)(H2,11,15)(H,12,13). The molecule has 0 rings (SSSR count). The number of nitrogens with one attached hydrogen (secondary N) is 1. The number of thioether (sulfide) groups is 1. The molecule has 0 aliphatic heterocycles. The molecule has 16 heavy (non-hydrogen) atoms. The van der Waals surface area contributed by atoms with Crippen molar-refractivity contribution in [3.63, 3.8) is 0 Å². The van der Waals surface area contributed by atoms with Crippen LogP contribution in [0.25, 0.3) is 0 Å². The molecule has 0 atom stereocenters. The Balaban J connectivity index is 3.92. The van der Waals surface area contributed by atoms with Crippen LogP contribution in [0.3, 0.4) is 0 Å². The number of hydrogen-bond donors (Lipinski definition) is 3. The Labute approximate surface area is 98.5 Å². The van der Waals surface area contributed by atoms with Gasteiger partial charge < -0.3 is 16.8 Å². The van der Waals surface area contributed by atoms with Crippen molar-refractivity contribution >= 4 is 29.5 Å². The van der Waals surface area contributed by atoms with E-state index in [1.54, 1.807) is 0 Å². The van der Waals surface area contributed by atoms with Gasteiger partial charge in [-0.1, -0.05) is 13.3 Å². The van der Waals surface area contributed by atoms with Crippen LogP contribution in [0.15, 0.2) is 0 Å². The number of carbonyl (C=O) groups is 3. The van der Waals surface area contributed by atoms with Crippen molar-refractivity contribution in [2.24, 2.45) is 11.5 Å². The van der Waals surface area contributed by atoms with Crippen LogP contribution in [0.1, 0.15) is 19.8 Å². The fourth-order valence-electron chi connectivity index (χ4n) is 0.896. The monoisotopic (exact) mass is 247 g/mol. The molecule has 0 saturated carbocycles. The van der Waals surface area contributed by atoms with Gasteiger partial charge in [-0.2, -0.15) is 11.8 Å². The van der Waals surface area contributed by atoms with Gasteiger partial charge in [-0.25, -0.2) is 0 Å². The zero-order valence-electron chi connectivity index (χ0n) is 9.19. The van der Waals surface area contributed by atoms with Gasteiger partial charge in [0, 0.05) is 0 Å². The molecule has 0 radical (unpaired) electrons. The Bertz CT molecular complexity index is 257. The minimum absolute atomic E-state index is 0.192. The van der Waals surface area contributed by atoms with Crippen molar-refractivity contribution in [1.29, 1.82) is 0 Å². The summed E-state index contributed by atoms with van der Waals surface area (Å²) >= 11 is 1.44. The lowest BCUT2D eigenvalue weighted by Gasteiger charge is -2.11. The Morgan fingerprint density at radius 3 is 2.25 bits per heavy atom. The number of primary amides is 2. The molecule has 5 N–H and O–H groups in total. The van der Waals surface area contributed by atoms with E-state index in [1.807, 2.05) is 0 Å². The van der Waals surface area contributed by atoms with E-state index < -0.39 is 23.8 Å². The Kier molecular flexibility index (Phi) is 7.36. The summed E-state index contributed by atoms with van der Waals surface area (Å²) < 4.78 is 0. The van der Waals surface area contributed by atoms with Crippen molar-refractivity contribution in [3.05, 3.63) is 0 Å². The van der Waals surface area contributed by atoms with Crippen LogP contribution < -0.4 is 16.8 Å². The fraction of sp³-hybridized carbons (Fsp3) is 0.667. The van der Waals surface area contributed by atoms with E-state index in [0.29, 0.717) is 0 Å². The molecule has 0 aliphatic carbocycles. The lowest BCUT2D eigenvalue weighted by Crippen LogP contribution is -2.52. The molecule has 6 nitrogen and oxygen atoms in total. The van der Waals surface area contributed by atoms with E-state index in [0.717, 1.165) is 18.6 Å². The molecule has 0 unspecified atom stereocenters. The lowest BCUT2D eigenvalue weighted by molar-refractivity contribution is -0.133. The molecule has 0 heterocycles. The zero-order valence-corrected chi connectivity index (χ0v) is 10.0. The van der Waals surface area contributed by atoms with Crippen molar-refractivity contribution in [1.82, 2.24) is 5.32 Å². The van der Waals surface area contributed by atoms with E-state index in [2.05, 4.69) is 12.2 Å². The molecule has 0 aliphatic rings. The summed E-state index contributed by atoms with van der Waals surface area (Å²) in [6.45, 7) is 2.05. The molecule has 0 aromatic heterocycles. The second kappa shape index (κ2) is 7.98. The van der Waals surface area contributed by atoms with E-state index in [9.17, 15) is 14.4 Å². The average Bonchev–Trinajstić information content (AvgIpc) is 2.20. The van der Waals surface area contributed by atoms with Crippen molar-refractivity contribution < 1.29 is 14.4 Å². The minimum atomic E-state index is -1.42. The van der Waals surface area contributed by atoms with Crippen LogP contribution in [0, 0.1) is 0 Å². The van der Waals surface area contributed by atoms with Crippen molar-refractivity contribution in [2.45, 2.75) is 25.8 Å². The average molecular weight is 247 g/mol. The Hall–Kier alpha value is -1.24. The van der Waals surface area contributed by atoms with Gasteiger partial charge in [-0.05, 0) is 12.2 Å². The largest absolute Gasteiger partial charge is 0.367 e. The van der Waals surface area contributed by atoms with Crippen LogP contribution in [0.4, 0.5) is 0 Å². The summed E-state index contributed by atoms with van der Waals surface area (Å²) in [5, 5.41) is 2.18. The summed E-state index contributed by atoms with van der Waals surface area (Å²) in [5.74, 6) is -1.25. The van der Waals surface area contributed by atoms with Crippen LogP contribution >= 0.6 is 11.8 Å². The number of carbonyl (C=O) groups excluding carboxylic acids is 3. The van der Waals surface area contributed by atoms with Gasteiger partial charge in [-0.15, -0.1) is 0 Å². The van der Waals surface area contributed by atoms with Crippen LogP contribution in [0.2, 0.25) is 0 Å². The third kappa shape index (κ3) is 6.28. The van der Waals surface area contributed by atoms with Gasteiger partial charge >= 0.3 is 0 Å². The predicted octanol–water partition coefficient (Wildman–Crippen LogP) is -1.02. The molecular weight excluding hydrogens is 230 g/mol. The molecule has 0 aromatic carbocycles. The first-order valence-corrected chi connectivity index (χ1v) is 6.10. The molecule has 0 saturated heterocycles. The Morgan fingerprint density at radius 1 is 1.25 bits per heavy atom. The highest BCUT2D eigenvalue weighted by molar-refractivity contribution is 7.99. The van der Waals surface area contributed by atoms with Crippen molar-refractivity contribution in [3.8, 4) is 0 Å². The molecule has 7 heteroatoms. The summed E-state index contributed by atoms with van der Waals surface area (Å²) in [6.07, 6.45) is 2.08. The van der Waals surface area contributed by atoms with Gasteiger partial charge in [0.25, 0.3) is 0 Å². The van der Waals surface area contributed by atoms with Crippen LogP contribution in [-0.2, 0) is 14.4 Å². The van der Waals surface area contributed by atoms with E-state index in [1.165, 1.54) is 11.8 Å². The van der Waals surface area contributed by atoms with Gasteiger partial charge in [0.05, 0.1) is 5.75 Å². The summed E-state index contributed by atoms with van der Waals surface area (Å²) in [6, 6.07) is -1.42. The number of amides is 3. The highest BCUT2D eigenvalue weighted by Crippen LogP contribution is 2.03. The number of unbranched alkanes of at least 4 members (excludes halogenated alkanes) is 1. The second-order valence-electron chi connectivity index (χ2n) is 3.21. The lowest BCUT2D eigenvalue weighted by atomic mass is 10.2. The van der Waals surface area contributed by atoms with E-state index in [4.69, 9.17) is 11.5 Å². The molecule has 0 spiro atoms. The van der Waals surface area contributed by atoms with Gasteiger partial charge in [0.1, 0.15) is 0 Å². The molecule has 0 bridgehead atoms. The third-order valence-corrected chi connectivity index (χ3v) is 2.79. The SMILES string of the molecule is CCCCSCC(=O)NC(C(N)=O)C(N)=O. The summed E-state index contributed by atoms with van der Waals surface area (Å²) in [7, 11) is 0. The maximum absolute atomic E-state index is 11.3. The van der Waals surface area contributed by atoms with Gasteiger partial charge in [-0.3, -0.25) is 14.4 Å². The number of hydrogen-bond acceptors (Lipinski definition) is 4. The first-order chi connectivity index (χ1) is 7.49. The first-order valence-electron chi connectivity index (χ1n) is 4.94. The van der Waals surface area contributed by atoms with Gasteiger partial charge in [0.15, 0.2) is 6.04 Å². The Morgan fingerprint density at radius 2 is 1.81 bits per heavy atom. The zero-order chi connectivity index (χ0) is 12.6. The molecule has 0 aromatic rings. The first kappa shape index (κ1) is 14.8. The summed E-state index contributed by atoms with van der Waals surface area (Å²) in [5.41, 5.74) is 9.80. The summed E-state index contributed by atoms with van der Waals surface area (Å²) in [4.78, 5) is 32.8. The topological polar surface area (TPSA) is 115 Å². The quantitative estimate of drug-likeness (QED) is 0.376. The molecular formula is C9H17N3O3S. The normalized spacial score (nSPS) is 10.1. The maximum atomic E-state index is 11.3. The third-order valence-electron chi connectivity index (χ3n) is 1.75. The van der Waals surface area contributed by atoms with Gasteiger partial charge in [0.2, 0.25) is 17.7 Å². The van der Waals surface area contributed by atoms with Crippen LogP contribution in [0.5, 0.6) is 0 Å². The highest BCUT2D eigenvalue weighted by Gasteiger charge is 2.23. The molecule has 92 valence electrons. The molecule has 0 fully saturated rings. The molecule has 3 amide bonds. The van der Waals surface area contributed by atoms with E-state index >= 15 is 0 Å². The maximum Gasteiger partial charge on any atom is 0.249 e. The minimum Gasteiger partial charge on any atom is -0.367 e. The second-order valence-corrected chi connectivity index (χ2v) is 4.32.